The van der Waals surface area contributed by atoms with Crippen LogP contribution in [0, 0.1) is 6.92 Å². The molecule has 1 aliphatic heterocycles. The van der Waals surface area contributed by atoms with E-state index >= 15 is 0 Å². The van der Waals surface area contributed by atoms with E-state index in [2.05, 4.69) is 21.2 Å². The number of pyridine rings is 1. The Balaban J connectivity index is 2.36. The van der Waals surface area contributed by atoms with Crippen molar-refractivity contribution in [3.63, 3.8) is 0 Å². The third-order valence-corrected chi connectivity index (χ3v) is 4.40. The molecule has 3 rings (SSSR count). The monoisotopic (exact) mass is 405 g/mol. The van der Waals surface area contributed by atoms with E-state index in [1.54, 1.807) is 19.1 Å². The highest BCUT2D eigenvalue weighted by molar-refractivity contribution is 9.10. The highest BCUT2D eigenvalue weighted by Gasteiger charge is 2.32. The highest BCUT2D eigenvalue weighted by Crippen LogP contribution is 2.28. The molecule has 1 aliphatic rings. The summed E-state index contributed by atoms with van der Waals surface area (Å²) in [4.78, 5) is 48.2. The fourth-order valence-electron chi connectivity index (χ4n) is 2.75. The Hall–Kier alpha value is -2.94. The largest absolute Gasteiger partial charge is 0.465 e. The minimum absolute atomic E-state index is 0.0652. The van der Waals surface area contributed by atoms with Gasteiger partial charge in [0.1, 0.15) is 5.82 Å². The first-order valence-corrected chi connectivity index (χ1v) is 7.85. The number of carbonyl (C=O) groups is 3. The third-order valence-electron chi connectivity index (χ3n) is 3.94. The number of aromatic nitrogens is 1. The molecule has 0 saturated heterocycles. The summed E-state index contributed by atoms with van der Waals surface area (Å²) in [6, 6.07) is 4.18. The molecule has 3 N–H and O–H groups in total. The zero-order chi connectivity index (χ0) is 18.5. The van der Waals surface area contributed by atoms with Crippen LogP contribution in [-0.2, 0) is 4.74 Å². The fraction of sp³-hybridized carbons (Fsp3) is 0.125. The van der Waals surface area contributed by atoms with E-state index in [1.165, 1.54) is 7.11 Å². The summed E-state index contributed by atoms with van der Waals surface area (Å²) < 4.78 is 6.34. The van der Waals surface area contributed by atoms with Gasteiger partial charge in [-0.1, -0.05) is 15.9 Å². The number of ether oxygens (including phenoxy) is 1. The fourth-order valence-corrected chi connectivity index (χ4v) is 3.19. The second-order valence-corrected chi connectivity index (χ2v) is 6.28. The summed E-state index contributed by atoms with van der Waals surface area (Å²) in [5.41, 5.74) is 6.26. The number of nitrogens with two attached hydrogens (primary N) is 1. The summed E-state index contributed by atoms with van der Waals surface area (Å²) in [6.07, 6.45) is 0. The van der Waals surface area contributed by atoms with Crippen LogP contribution in [0.5, 0.6) is 0 Å². The molecule has 0 atom stereocenters. The van der Waals surface area contributed by atoms with E-state index < -0.39 is 23.3 Å². The SMILES string of the molecule is COC(=O)c1cc(Br)cc(-n2c(N)c3c(cc2=O)C(=O)NC3=O)c1C. The second-order valence-electron chi connectivity index (χ2n) is 5.36. The molecule has 2 aromatic rings. The zero-order valence-electron chi connectivity index (χ0n) is 13.2. The van der Waals surface area contributed by atoms with Gasteiger partial charge in [0.2, 0.25) is 0 Å². The van der Waals surface area contributed by atoms with Gasteiger partial charge in [0.25, 0.3) is 17.4 Å². The quantitative estimate of drug-likeness (QED) is 0.571. The average Bonchev–Trinajstić information content (AvgIpc) is 2.83. The Morgan fingerprint density at radius 3 is 2.52 bits per heavy atom. The molecule has 2 amide bonds. The third kappa shape index (κ3) is 2.52. The molecule has 128 valence electrons. The van der Waals surface area contributed by atoms with Gasteiger partial charge in [-0.25, -0.2) is 4.79 Å². The van der Waals surface area contributed by atoms with Crippen molar-refractivity contribution in [3.05, 3.63) is 55.3 Å². The number of halogens is 1. The number of hydrogen-bond acceptors (Lipinski definition) is 6. The predicted molar refractivity (Wildman–Crippen MR) is 92.0 cm³/mol. The lowest BCUT2D eigenvalue weighted by atomic mass is 10.1. The summed E-state index contributed by atoms with van der Waals surface area (Å²) in [7, 11) is 1.24. The van der Waals surface area contributed by atoms with Gasteiger partial charge < -0.3 is 10.5 Å². The predicted octanol–water partition coefficient (Wildman–Crippen LogP) is 1.16. The summed E-state index contributed by atoms with van der Waals surface area (Å²) in [5.74, 6) is -2.10. The van der Waals surface area contributed by atoms with Crippen LogP contribution in [0.15, 0.2) is 27.5 Å². The number of nitrogens with one attached hydrogen (secondary N) is 1. The maximum absolute atomic E-state index is 12.5. The van der Waals surface area contributed by atoms with E-state index in [0.717, 1.165) is 10.6 Å². The van der Waals surface area contributed by atoms with Gasteiger partial charge in [0, 0.05) is 10.5 Å². The van der Waals surface area contributed by atoms with Crippen LogP contribution in [0.1, 0.15) is 36.6 Å². The molecular formula is C16H12BrN3O5. The van der Waals surface area contributed by atoms with Gasteiger partial charge in [0.15, 0.2) is 0 Å². The highest BCUT2D eigenvalue weighted by atomic mass is 79.9. The molecule has 0 unspecified atom stereocenters. The van der Waals surface area contributed by atoms with Crippen LogP contribution in [-0.4, -0.2) is 29.5 Å². The number of nitrogen functional groups attached to an aromatic ring is 1. The number of hydrogen-bond donors (Lipinski definition) is 2. The van der Waals surface area contributed by atoms with Crippen molar-refractivity contribution in [3.8, 4) is 5.69 Å². The Labute approximate surface area is 149 Å². The maximum Gasteiger partial charge on any atom is 0.338 e. The van der Waals surface area contributed by atoms with Crippen molar-refractivity contribution in [1.29, 1.82) is 0 Å². The minimum atomic E-state index is -0.674. The molecule has 9 heteroatoms. The molecule has 0 fully saturated rings. The second kappa shape index (κ2) is 5.85. The molecule has 0 bridgehead atoms. The summed E-state index contributed by atoms with van der Waals surface area (Å²) >= 11 is 3.28. The minimum Gasteiger partial charge on any atom is -0.465 e. The van der Waals surface area contributed by atoms with Crippen molar-refractivity contribution < 1.29 is 19.1 Å². The molecular weight excluding hydrogens is 394 g/mol. The van der Waals surface area contributed by atoms with Crippen LogP contribution in [0.3, 0.4) is 0 Å². The molecule has 8 nitrogen and oxygen atoms in total. The summed E-state index contributed by atoms with van der Waals surface area (Å²) in [6.45, 7) is 1.62. The van der Waals surface area contributed by atoms with Gasteiger partial charge >= 0.3 is 5.97 Å². The van der Waals surface area contributed by atoms with Crippen LogP contribution in [0.25, 0.3) is 5.69 Å². The van der Waals surface area contributed by atoms with E-state index in [4.69, 9.17) is 10.5 Å². The normalized spacial score (nSPS) is 12.8. The lowest BCUT2D eigenvalue weighted by Crippen LogP contribution is -2.25. The number of esters is 1. The molecule has 25 heavy (non-hydrogen) atoms. The zero-order valence-corrected chi connectivity index (χ0v) is 14.8. The standard InChI is InChI=1S/C16H12BrN3O5/c1-6-8(16(24)25-2)3-7(17)4-10(6)20-11(21)5-9-12(13(20)18)15(23)19-14(9)22/h3-5H,18H2,1-2H3,(H,19,22,23). The van der Waals surface area contributed by atoms with E-state index in [9.17, 15) is 19.2 Å². The molecule has 0 aliphatic carbocycles. The molecule has 0 spiro atoms. The first-order valence-electron chi connectivity index (χ1n) is 7.06. The first kappa shape index (κ1) is 16.9. The number of imide groups is 1. The summed E-state index contributed by atoms with van der Waals surface area (Å²) in [5, 5.41) is 2.10. The van der Waals surface area contributed by atoms with E-state index in [1.807, 2.05) is 0 Å². The van der Waals surface area contributed by atoms with Gasteiger partial charge in [-0.05, 0) is 24.6 Å². The number of fused-ring (bicyclic) bond motifs is 1. The van der Waals surface area contributed by atoms with Crippen molar-refractivity contribution in [2.75, 3.05) is 12.8 Å². The van der Waals surface area contributed by atoms with Gasteiger partial charge in [-0.3, -0.25) is 24.3 Å². The van der Waals surface area contributed by atoms with Gasteiger partial charge in [-0.2, -0.15) is 0 Å². The van der Waals surface area contributed by atoms with E-state index in [0.29, 0.717) is 15.7 Å². The van der Waals surface area contributed by atoms with Gasteiger partial charge in [0.05, 0.1) is 29.5 Å². The molecule has 0 saturated carbocycles. The van der Waals surface area contributed by atoms with Crippen molar-refractivity contribution in [1.82, 2.24) is 9.88 Å². The van der Waals surface area contributed by atoms with Crippen molar-refractivity contribution >= 4 is 39.5 Å². The topological polar surface area (TPSA) is 120 Å². The number of benzene rings is 1. The lowest BCUT2D eigenvalue weighted by molar-refractivity contribution is 0.0599. The van der Waals surface area contributed by atoms with Gasteiger partial charge in [-0.15, -0.1) is 0 Å². The number of carbonyl (C=O) groups excluding carboxylic acids is 3. The van der Waals surface area contributed by atoms with Crippen LogP contribution >= 0.6 is 15.9 Å². The van der Waals surface area contributed by atoms with Crippen molar-refractivity contribution in [2.45, 2.75) is 6.92 Å². The number of amides is 2. The number of rotatable bonds is 2. The van der Waals surface area contributed by atoms with Crippen LogP contribution in [0.2, 0.25) is 0 Å². The number of anilines is 1. The number of methoxy groups -OCH3 is 1. The average molecular weight is 406 g/mol. The smallest absolute Gasteiger partial charge is 0.338 e. The number of nitrogens with zero attached hydrogens (tertiary/aromatic N) is 1. The Morgan fingerprint density at radius 1 is 1.20 bits per heavy atom. The lowest BCUT2D eigenvalue weighted by Gasteiger charge is -2.16. The van der Waals surface area contributed by atoms with Crippen LogP contribution < -0.4 is 16.6 Å². The molecule has 0 radical (unpaired) electrons. The van der Waals surface area contributed by atoms with E-state index in [-0.39, 0.29) is 22.5 Å². The molecule has 1 aromatic heterocycles. The first-order chi connectivity index (χ1) is 11.8. The molecule has 1 aromatic carbocycles. The van der Waals surface area contributed by atoms with Crippen molar-refractivity contribution in [2.24, 2.45) is 0 Å². The van der Waals surface area contributed by atoms with Crippen LogP contribution in [0.4, 0.5) is 5.82 Å². The Bertz CT molecular complexity index is 1030. The molecule has 2 heterocycles. The maximum atomic E-state index is 12.5. The Kier molecular flexibility index (Phi) is 3.96. The Morgan fingerprint density at radius 2 is 1.88 bits per heavy atom.